The molecule has 1 aliphatic heterocycles. The highest BCUT2D eigenvalue weighted by Crippen LogP contribution is 2.52. The van der Waals surface area contributed by atoms with Crippen LogP contribution in [0.4, 0.5) is 5.69 Å². The molecule has 0 spiro atoms. The number of benzene rings is 1. The van der Waals surface area contributed by atoms with Crippen LogP contribution in [0.2, 0.25) is 10.0 Å². The van der Waals surface area contributed by atoms with E-state index >= 15 is 0 Å². The van der Waals surface area contributed by atoms with Crippen molar-refractivity contribution in [2.24, 2.45) is 11.3 Å². The third-order valence-electron chi connectivity index (χ3n) is 5.06. The fourth-order valence-corrected chi connectivity index (χ4v) is 4.60. The molecule has 0 aromatic heterocycles. The van der Waals surface area contributed by atoms with Crippen LogP contribution in [0.1, 0.15) is 51.0 Å². The van der Waals surface area contributed by atoms with Crippen LogP contribution >= 0.6 is 23.2 Å². The quantitative estimate of drug-likeness (QED) is 0.699. The van der Waals surface area contributed by atoms with Gasteiger partial charge in [-0.15, -0.1) is 0 Å². The summed E-state index contributed by atoms with van der Waals surface area (Å²) in [6.07, 6.45) is 5.38. The normalized spacial score (nSPS) is 28.8. The highest BCUT2D eigenvalue weighted by Gasteiger charge is 2.41. The molecule has 2 unspecified atom stereocenters. The summed E-state index contributed by atoms with van der Waals surface area (Å²) in [6, 6.07) is 3.95. The summed E-state index contributed by atoms with van der Waals surface area (Å²) >= 11 is 12.5. The minimum Gasteiger partial charge on any atom is -0.383 e. The van der Waals surface area contributed by atoms with E-state index < -0.39 is 0 Å². The Bertz CT molecular complexity index is 496. The van der Waals surface area contributed by atoms with E-state index in [1.807, 2.05) is 6.07 Å². The van der Waals surface area contributed by atoms with Gasteiger partial charge in [-0.2, -0.15) is 0 Å². The summed E-state index contributed by atoms with van der Waals surface area (Å²) in [5, 5.41) is 5.01. The van der Waals surface area contributed by atoms with Gasteiger partial charge in [0.1, 0.15) is 0 Å². The maximum absolute atomic E-state index is 6.30. The Morgan fingerprint density at radius 1 is 1.21 bits per heavy atom. The Labute approximate surface area is 125 Å². The summed E-state index contributed by atoms with van der Waals surface area (Å²) in [5.74, 6) is 1.28. The molecule has 0 bridgehead atoms. The van der Waals surface area contributed by atoms with Gasteiger partial charge in [-0.25, -0.2) is 0 Å². The Hall–Kier alpha value is -0.400. The summed E-state index contributed by atoms with van der Waals surface area (Å²) in [4.78, 5) is 0. The molecule has 104 valence electrons. The number of anilines is 1. The fraction of sp³-hybridized carbons (Fsp3) is 0.625. The average molecular weight is 298 g/mol. The van der Waals surface area contributed by atoms with Gasteiger partial charge in [0.15, 0.2) is 0 Å². The molecular formula is C16H21Cl2N. The van der Waals surface area contributed by atoms with Crippen molar-refractivity contribution in [2.75, 3.05) is 11.9 Å². The maximum Gasteiger partial charge on any atom is 0.0655 e. The first-order valence-electron chi connectivity index (χ1n) is 7.22. The second-order valence-corrected chi connectivity index (χ2v) is 7.52. The van der Waals surface area contributed by atoms with Crippen molar-refractivity contribution < 1.29 is 0 Å². The Morgan fingerprint density at radius 3 is 2.74 bits per heavy atom. The second-order valence-electron chi connectivity index (χ2n) is 6.68. The second kappa shape index (κ2) is 4.86. The van der Waals surface area contributed by atoms with Crippen molar-refractivity contribution in [1.82, 2.24) is 0 Å². The van der Waals surface area contributed by atoms with Gasteiger partial charge in [0.05, 0.1) is 10.7 Å². The molecule has 0 saturated heterocycles. The fourth-order valence-electron chi connectivity index (χ4n) is 4.02. The van der Waals surface area contributed by atoms with Crippen molar-refractivity contribution in [3.05, 3.63) is 27.7 Å². The molecule has 0 amide bonds. The molecule has 3 heteroatoms. The minimum atomic E-state index is 0.418. The minimum absolute atomic E-state index is 0.418. The van der Waals surface area contributed by atoms with E-state index in [2.05, 4.69) is 25.2 Å². The van der Waals surface area contributed by atoms with E-state index in [4.69, 9.17) is 23.2 Å². The monoisotopic (exact) mass is 297 g/mol. The van der Waals surface area contributed by atoms with E-state index in [1.165, 1.54) is 31.2 Å². The zero-order valence-electron chi connectivity index (χ0n) is 11.6. The Balaban J connectivity index is 1.98. The number of nitrogens with one attached hydrogen (secondary N) is 1. The van der Waals surface area contributed by atoms with Crippen molar-refractivity contribution in [3.63, 3.8) is 0 Å². The van der Waals surface area contributed by atoms with Crippen molar-refractivity contribution in [1.29, 1.82) is 0 Å². The largest absolute Gasteiger partial charge is 0.383 e. The van der Waals surface area contributed by atoms with Crippen LogP contribution in [0.3, 0.4) is 0 Å². The number of rotatable bonds is 1. The molecular weight excluding hydrogens is 277 g/mol. The molecule has 1 heterocycles. The summed E-state index contributed by atoms with van der Waals surface area (Å²) in [6.45, 7) is 5.84. The van der Waals surface area contributed by atoms with Gasteiger partial charge in [-0.1, -0.05) is 49.9 Å². The van der Waals surface area contributed by atoms with Crippen LogP contribution in [0.25, 0.3) is 0 Å². The molecule has 3 rings (SSSR count). The van der Waals surface area contributed by atoms with Crippen molar-refractivity contribution in [2.45, 2.75) is 45.4 Å². The van der Waals surface area contributed by atoms with Crippen molar-refractivity contribution in [3.8, 4) is 0 Å². The van der Waals surface area contributed by atoms with Crippen LogP contribution in [0.5, 0.6) is 0 Å². The highest BCUT2D eigenvalue weighted by atomic mass is 35.5. The van der Waals surface area contributed by atoms with E-state index in [0.29, 0.717) is 11.3 Å². The Kier molecular flexibility index (Phi) is 3.47. The molecule has 1 aromatic carbocycles. The van der Waals surface area contributed by atoms with Crippen molar-refractivity contribution >= 4 is 28.9 Å². The molecule has 0 radical (unpaired) electrons. The van der Waals surface area contributed by atoms with Gasteiger partial charge in [-0.3, -0.25) is 0 Å². The number of fused-ring (bicyclic) bond motifs is 1. The van der Waals surface area contributed by atoms with E-state index in [9.17, 15) is 0 Å². The van der Waals surface area contributed by atoms with Gasteiger partial charge in [0, 0.05) is 17.5 Å². The van der Waals surface area contributed by atoms with Crippen LogP contribution < -0.4 is 5.32 Å². The average Bonchev–Trinajstić information content (AvgIpc) is 2.72. The van der Waals surface area contributed by atoms with E-state index in [-0.39, 0.29) is 0 Å². The SMILES string of the molecule is CC1(C)CCCCC1C1CNc2c(Cl)cc(Cl)cc21. The standard InChI is InChI=1S/C16H21Cl2N/c1-16(2)6-4-3-5-13(16)12-9-19-15-11(12)7-10(17)8-14(15)18/h7-8,12-13,19H,3-6,9H2,1-2H3. The van der Waals surface area contributed by atoms with Crippen LogP contribution in [0, 0.1) is 11.3 Å². The lowest BCUT2D eigenvalue weighted by atomic mass is 9.63. The Morgan fingerprint density at radius 2 is 2.00 bits per heavy atom. The number of hydrogen-bond acceptors (Lipinski definition) is 1. The van der Waals surface area contributed by atoms with Crippen LogP contribution in [0.15, 0.2) is 12.1 Å². The van der Waals surface area contributed by atoms with Gasteiger partial charge in [-0.05, 0) is 41.9 Å². The first kappa shape index (κ1) is 13.6. The highest BCUT2D eigenvalue weighted by molar-refractivity contribution is 6.36. The molecule has 2 atom stereocenters. The van der Waals surface area contributed by atoms with Crippen LogP contribution in [-0.4, -0.2) is 6.54 Å². The lowest BCUT2D eigenvalue weighted by Crippen LogP contribution is -2.33. The molecule has 1 nitrogen and oxygen atoms in total. The van der Waals surface area contributed by atoms with Gasteiger partial charge >= 0.3 is 0 Å². The lowest BCUT2D eigenvalue weighted by Gasteiger charge is -2.42. The molecule has 1 N–H and O–H groups in total. The van der Waals surface area contributed by atoms with E-state index in [1.54, 1.807) is 0 Å². The lowest BCUT2D eigenvalue weighted by molar-refractivity contribution is 0.116. The van der Waals surface area contributed by atoms with Gasteiger partial charge in [0.2, 0.25) is 0 Å². The third-order valence-corrected chi connectivity index (χ3v) is 5.58. The zero-order valence-corrected chi connectivity index (χ0v) is 13.1. The number of halogens is 2. The zero-order chi connectivity index (χ0) is 13.6. The number of hydrogen-bond donors (Lipinski definition) is 1. The first-order valence-corrected chi connectivity index (χ1v) is 7.97. The summed E-state index contributed by atoms with van der Waals surface area (Å²) < 4.78 is 0. The summed E-state index contributed by atoms with van der Waals surface area (Å²) in [5.41, 5.74) is 2.86. The predicted octanol–water partition coefficient (Wildman–Crippen LogP) is 5.72. The third kappa shape index (κ3) is 2.36. The maximum atomic E-state index is 6.30. The molecule has 1 saturated carbocycles. The molecule has 1 aromatic rings. The van der Waals surface area contributed by atoms with E-state index in [0.717, 1.165) is 28.2 Å². The van der Waals surface area contributed by atoms with Gasteiger partial charge in [0.25, 0.3) is 0 Å². The molecule has 1 aliphatic carbocycles. The smallest absolute Gasteiger partial charge is 0.0655 e. The van der Waals surface area contributed by atoms with Crippen LogP contribution in [-0.2, 0) is 0 Å². The molecule has 19 heavy (non-hydrogen) atoms. The summed E-state index contributed by atoms with van der Waals surface area (Å²) in [7, 11) is 0. The topological polar surface area (TPSA) is 12.0 Å². The van der Waals surface area contributed by atoms with Gasteiger partial charge < -0.3 is 5.32 Å². The molecule has 1 fully saturated rings. The predicted molar refractivity (Wildman–Crippen MR) is 83.4 cm³/mol. The first-order chi connectivity index (χ1) is 8.99. The molecule has 2 aliphatic rings.